The fraction of sp³-hybridized carbons (Fsp3) is 0.182. The zero-order valence-corrected chi connectivity index (χ0v) is 14.6. The molecule has 4 rings (SSSR count). The van der Waals surface area contributed by atoms with Crippen LogP contribution in [0.2, 0.25) is 0 Å². The molecule has 0 bridgehead atoms. The Morgan fingerprint density at radius 2 is 1.37 bits per heavy atom. The lowest BCUT2D eigenvalue weighted by atomic mass is 9.98. The van der Waals surface area contributed by atoms with E-state index >= 15 is 0 Å². The Morgan fingerprint density at radius 1 is 0.815 bits per heavy atom. The van der Waals surface area contributed by atoms with Crippen molar-refractivity contribution in [2.24, 2.45) is 0 Å². The van der Waals surface area contributed by atoms with Crippen molar-refractivity contribution in [1.82, 2.24) is 0 Å². The van der Waals surface area contributed by atoms with Crippen molar-refractivity contribution in [3.8, 4) is 11.5 Å². The molecule has 27 heavy (non-hydrogen) atoms. The molecule has 1 heterocycles. The second-order valence-electron chi connectivity index (χ2n) is 6.55. The third kappa shape index (κ3) is 4.09. The Morgan fingerprint density at radius 3 is 1.96 bits per heavy atom. The van der Waals surface area contributed by atoms with Crippen LogP contribution in [0.4, 0.5) is 8.78 Å². The van der Waals surface area contributed by atoms with Gasteiger partial charge in [0.15, 0.2) is 17.6 Å². The van der Waals surface area contributed by atoms with Crippen LogP contribution in [0.3, 0.4) is 0 Å². The van der Waals surface area contributed by atoms with E-state index in [1.165, 1.54) is 24.3 Å². The van der Waals surface area contributed by atoms with Gasteiger partial charge in [-0.05, 0) is 60.7 Å². The summed E-state index contributed by atoms with van der Waals surface area (Å²) in [5, 5.41) is 2.11. The van der Waals surface area contributed by atoms with Gasteiger partial charge in [-0.1, -0.05) is 12.1 Å². The zero-order valence-electron chi connectivity index (χ0n) is 14.6. The molecule has 2 N–H and O–H groups in total. The van der Waals surface area contributed by atoms with Gasteiger partial charge in [0.05, 0.1) is 0 Å². The van der Waals surface area contributed by atoms with Gasteiger partial charge in [-0.25, -0.2) is 8.78 Å². The van der Waals surface area contributed by atoms with Crippen molar-refractivity contribution < 1.29 is 23.6 Å². The normalized spacial score (nSPS) is 15.7. The van der Waals surface area contributed by atoms with Crippen LogP contribution < -0.4 is 14.8 Å². The molecule has 0 amide bonds. The van der Waals surface area contributed by atoms with E-state index in [0.717, 1.165) is 22.6 Å². The third-order valence-corrected chi connectivity index (χ3v) is 4.66. The summed E-state index contributed by atoms with van der Waals surface area (Å²) in [5.74, 6) is 0.930. The van der Waals surface area contributed by atoms with Gasteiger partial charge in [0.1, 0.15) is 30.8 Å². The number of quaternary nitrogens is 1. The lowest BCUT2D eigenvalue weighted by Crippen LogP contribution is -2.88. The SMILES string of the molecule is Fc1ccc(C([NH2+]C[C@@H]2COc3ccccc3O2)c2ccc(F)cc2)cc1. The molecular formula is C22H20F2NO2+. The monoisotopic (exact) mass is 368 g/mol. The third-order valence-electron chi connectivity index (χ3n) is 4.66. The second kappa shape index (κ2) is 7.76. The first kappa shape index (κ1) is 17.5. The Kier molecular flexibility index (Phi) is 5.03. The maximum Gasteiger partial charge on any atom is 0.181 e. The molecule has 5 heteroatoms. The summed E-state index contributed by atoms with van der Waals surface area (Å²) in [6, 6.07) is 20.3. The minimum atomic E-state index is -0.280. The highest BCUT2D eigenvalue weighted by Crippen LogP contribution is 2.30. The molecule has 0 spiro atoms. The molecule has 3 aromatic rings. The first-order chi connectivity index (χ1) is 13.2. The van der Waals surface area contributed by atoms with Crippen molar-refractivity contribution in [1.29, 1.82) is 0 Å². The molecule has 0 radical (unpaired) electrons. The smallest absolute Gasteiger partial charge is 0.181 e. The van der Waals surface area contributed by atoms with E-state index in [1.807, 2.05) is 24.3 Å². The lowest BCUT2D eigenvalue weighted by Gasteiger charge is -2.27. The van der Waals surface area contributed by atoms with Crippen LogP contribution in [0.25, 0.3) is 0 Å². The summed E-state index contributed by atoms with van der Waals surface area (Å²) in [4.78, 5) is 0. The first-order valence-electron chi connectivity index (χ1n) is 8.92. The van der Waals surface area contributed by atoms with E-state index in [1.54, 1.807) is 24.3 Å². The number of hydrogen-bond acceptors (Lipinski definition) is 2. The standard InChI is InChI=1S/C22H19F2NO2/c23-17-9-5-15(6-10-17)22(16-7-11-18(24)12-8-16)25-13-19-14-26-20-3-1-2-4-21(20)27-19/h1-12,19,22,25H,13-14H2/p+1/t19-/m1/s1. The molecule has 0 aromatic heterocycles. The average molecular weight is 368 g/mol. The number of benzene rings is 3. The molecule has 1 aliphatic rings. The van der Waals surface area contributed by atoms with Gasteiger partial charge in [0.2, 0.25) is 0 Å². The highest BCUT2D eigenvalue weighted by atomic mass is 19.1. The fourth-order valence-corrected chi connectivity index (χ4v) is 3.27. The number of hydrogen-bond donors (Lipinski definition) is 1. The topological polar surface area (TPSA) is 35.1 Å². The van der Waals surface area contributed by atoms with Crippen molar-refractivity contribution in [2.75, 3.05) is 13.2 Å². The van der Waals surface area contributed by atoms with Crippen LogP contribution >= 0.6 is 0 Å². The molecular weight excluding hydrogens is 348 g/mol. The number of fused-ring (bicyclic) bond motifs is 1. The van der Waals surface area contributed by atoms with Crippen molar-refractivity contribution >= 4 is 0 Å². The zero-order chi connectivity index (χ0) is 18.6. The van der Waals surface area contributed by atoms with Gasteiger partial charge in [-0.15, -0.1) is 0 Å². The van der Waals surface area contributed by atoms with Crippen LogP contribution in [0.1, 0.15) is 17.2 Å². The summed E-state index contributed by atoms with van der Waals surface area (Å²) in [6.07, 6.45) is -0.108. The fourth-order valence-electron chi connectivity index (χ4n) is 3.27. The average Bonchev–Trinajstić information content (AvgIpc) is 2.70. The quantitative estimate of drug-likeness (QED) is 0.749. The summed E-state index contributed by atoms with van der Waals surface area (Å²) in [6.45, 7) is 1.11. The van der Waals surface area contributed by atoms with E-state index in [0.29, 0.717) is 13.2 Å². The molecule has 1 aliphatic heterocycles. The predicted molar refractivity (Wildman–Crippen MR) is 97.8 cm³/mol. The van der Waals surface area contributed by atoms with Gasteiger partial charge in [-0.3, -0.25) is 0 Å². The van der Waals surface area contributed by atoms with E-state index in [-0.39, 0.29) is 23.8 Å². The van der Waals surface area contributed by atoms with Gasteiger partial charge < -0.3 is 14.8 Å². The summed E-state index contributed by atoms with van der Waals surface area (Å²) >= 11 is 0. The molecule has 3 nitrogen and oxygen atoms in total. The minimum Gasteiger partial charge on any atom is -0.486 e. The molecule has 0 aliphatic carbocycles. The number of rotatable bonds is 5. The highest BCUT2D eigenvalue weighted by Gasteiger charge is 2.25. The van der Waals surface area contributed by atoms with Gasteiger partial charge in [-0.2, -0.15) is 0 Å². The van der Waals surface area contributed by atoms with E-state index in [2.05, 4.69) is 5.32 Å². The number of para-hydroxylation sites is 2. The van der Waals surface area contributed by atoms with Crippen molar-refractivity contribution in [3.05, 3.63) is 95.6 Å². The Hall–Kier alpha value is -2.92. The lowest BCUT2D eigenvalue weighted by molar-refractivity contribution is -0.692. The summed E-state index contributed by atoms with van der Waals surface area (Å²) in [5.41, 5.74) is 1.89. The number of ether oxygens (including phenoxy) is 2. The summed E-state index contributed by atoms with van der Waals surface area (Å²) < 4.78 is 38.4. The van der Waals surface area contributed by atoms with Crippen LogP contribution in [0.5, 0.6) is 11.5 Å². The molecule has 0 saturated heterocycles. The second-order valence-corrected chi connectivity index (χ2v) is 6.55. The van der Waals surface area contributed by atoms with Crippen LogP contribution in [-0.2, 0) is 0 Å². The molecule has 3 aromatic carbocycles. The summed E-state index contributed by atoms with van der Waals surface area (Å²) in [7, 11) is 0. The van der Waals surface area contributed by atoms with Gasteiger partial charge in [0, 0.05) is 11.1 Å². The maximum absolute atomic E-state index is 13.3. The molecule has 0 fully saturated rings. The van der Waals surface area contributed by atoms with Gasteiger partial charge >= 0.3 is 0 Å². The van der Waals surface area contributed by atoms with E-state index in [9.17, 15) is 8.78 Å². The Labute approximate surface area is 156 Å². The molecule has 138 valence electrons. The van der Waals surface area contributed by atoms with E-state index < -0.39 is 0 Å². The van der Waals surface area contributed by atoms with Crippen LogP contribution in [0, 0.1) is 11.6 Å². The van der Waals surface area contributed by atoms with E-state index in [4.69, 9.17) is 9.47 Å². The van der Waals surface area contributed by atoms with Crippen LogP contribution in [0.15, 0.2) is 72.8 Å². The number of halogens is 2. The Balaban J connectivity index is 1.51. The predicted octanol–water partition coefficient (Wildman–Crippen LogP) is 3.46. The largest absolute Gasteiger partial charge is 0.486 e. The first-order valence-corrected chi connectivity index (χ1v) is 8.92. The van der Waals surface area contributed by atoms with Gasteiger partial charge in [0.25, 0.3) is 0 Å². The Bertz CT molecular complexity index is 851. The minimum absolute atomic E-state index is 0.0908. The highest BCUT2D eigenvalue weighted by molar-refractivity contribution is 5.40. The molecule has 1 atom stereocenters. The van der Waals surface area contributed by atoms with Crippen molar-refractivity contribution in [3.63, 3.8) is 0 Å². The maximum atomic E-state index is 13.3. The molecule has 0 unspecified atom stereocenters. The van der Waals surface area contributed by atoms with Crippen LogP contribution in [-0.4, -0.2) is 19.3 Å². The molecule has 0 saturated carbocycles. The van der Waals surface area contributed by atoms with Crippen molar-refractivity contribution in [2.45, 2.75) is 12.1 Å². The number of nitrogens with two attached hydrogens (primary N) is 1.